The van der Waals surface area contributed by atoms with Gasteiger partial charge in [0.25, 0.3) is 0 Å². The van der Waals surface area contributed by atoms with Crippen molar-refractivity contribution in [1.82, 2.24) is 0 Å². The lowest BCUT2D eigenvalue weighted by Crippen LogP contribution is -1.97. The summed E-state index contributed by atoms with van der Waals surface area (Å²) in [7, 11) is 1.63. The summed E-state index contributed by atoms with van der Waals surface area (Å²) >= 11 is 0. The smallest absolute Gasteiger partial charge is 0.161 e. The van der Waals surface area contributed by atoms with E-state index >= 15 is 0 Å². The molecular weight excluding hydrogens is 188 g/mol. The molecule has 0 aliphatic carbocycles. The van der Waals surface area contributed by atoms with E-state index < -0.39 is 0 Å². The highest BCUT2D eigenvalue weighted by Gasteiger charge is 2.04. The summed E-state index contributed by atoms with van der Waals surface area (Å²) in [6.45, 7) is 7.79. The number of benzene rings is 1. The first kappa shape index (κ1) is 11.4. The first-order chi connectivity index (χ1) is 7.31. The van der Waals surface area contributed by atoms with Crippen LogP contribution in [0.1, 0.15) is 5.56 Å². The second kappa shape index (κ2) is 5.91. The van der Waals surface area contributed by atoms with Crippen LogP contribution in [0.25, 0.3) is 0 Å². The summed E-state index contributed by atoms with van der Waals surface area (Å²) in [4.78, 5) is 0. The van der Waals surface area contributed by atoms with Crippen molar-refractivity contribution in [2.75, 3.05) is 13.7 Å². The maximum atomic E-state index is 5.49. The Bertz CT molecular complexity index is 342. The minimum absolute atomic E-state index is 0.480. The predicted octanol–water partition coefficient (Wildman–Crippen LogP) is 2.99. The number of methoxy groups -OCH3 is 1. The first-order valence-corrected chi connectivity index (χ1v) is 4.83. The molecule has 0 heterocycles. The molecule has 0 saturated heterocycles. The van der Waals surface area contributed by atoms with E-state index in [0.717, 1.165) is 23.5 Å². The van der Waals surface area contributed by atoms with Gasteiger partial charge in [0.15, 0.2) is 11.5 Å². The second-order valence-corrected chi connectivity index (χ2v) is 3.08. The normalized spacial score (nSPS) is 9.40. The molecule has 0 N–H and O–H groups in total. The maximum absolute atomic E-state index is 5.49. The van der Waals surface area contributed by atoms with E-state index in [-0.39, 0.29) is 0 Å². The highest BCUT2D eigenvalue weighted by Crippen LogP contribution is 2.28. The van der Waals surface area contributed by atoms with Crippen LogP contribution in [0.2, 0.25) is 0 Å². The molecule has 80 valence electrons. The quantitative estimate of drug-likeness (QED) is 0.663. The highest BCUT2D eigenvalue weighted by molar-refractivity contribution is 5.43. The molecule has 1 aromatic rings. The monoisotopic (exact) mass is 204 g/mol. The fourth-order valence-electron chi connectivity index (χ4n) is 1.28. The molecule has 2 heteroatoms. The van der Waals surface area contributed by atoms with Crippen molar-refractivity contribution in [1.29, 1.82) is 0 Å². The summed E-state index contributed by atoms with van der Waals surface area (Å²) < 4.78 is 10.7. The highest BCUT2D eigenvalue weighted by atomic mass is 16.5. The zero-order valence-corrected chi connectivity index (χ0v) is 9.03. The molecule has 1 aromatic carbocycles. The lowest BCUT2D eigenvalue weighted by atomic mass is 10.1. The fraction of sp³-hybridized carbons (Fsp3) is 0.231. The Hall–Kier alpha value is -1.70. The van der Waals surface area contributed by atoms with Crippen LogP contribution in [0.4, 0.5) is 0 Å². The third-order valence-electron chi connectivity index (χ3n) is 1.96. The lowest BCUT2D eigenvalue weighted by Gasteiger charge is -2.10. The van der Waals surface area contributed by atoms with Gasteiger partial charge in [0.1, 0.15) is 6.61 Å². The van der Waals surface area contributed by atoms with Gasteiger partial charge in [-0.3, -0.25) is 0 Å². The van der Waals surface area contributed by atoms with Crippen molar-refractivity contribution < 1.29 is 9.47 Å². The maximum Gasteiger partial charge on any atom is 0.161 e. The Balaban J connectivity index is 2.90. The molecule has 2 nitrogen and oxygen atoms in total. The fourth-order valence-corrected chi connectivity index (χ4v) is 1.28. The van der Waals surface area contributed by atoms with Gasteiger partial charge < -0.3 is 9.47 Å². The second-order valence-electron chi connectivity index (χ2n) is 3.08. The van der Waals surface area contributed by atoms with Crippen LogP contribution in [0, 0.1) is 0 Å². The Morgan fingerprint density at radius 3 is 2.60 bits per heavy atom. The van der Waals surface area contributed by atoms with E-state index in [2.05, 4.69) is 13.2 Å². The van der Waals surface area contributed by atoms with E-state index in [9.17, 15) is 0 Å². The summed E-state index contributed by atoms with van der Waals surface area (Å²) in [6, 6.07) is 5.86. The summed E-state index contributed by atoms with van der Waals surface area (Å²) in [5, 5.41) is 0. The summed E-state index contributed by atoms with van der Waals surface area (Å²) in [5.41, 5.74) is 1.16. The van der Waals surface area contributed by atoms with Crippen LogP contribution in [-0.4, -0.2) is 13.7 Å². The Kier molecular flexibility index (Phi) is 4.48. The van der Waals surface area contributed by atoms with E-state index in [1.165, 1.54) is 0 Å². The van der Waals surface area contributed by atoms with Crippen molar-refractivity contribution >= 4 is 0 Å². The lowest BCUT2D eigenvalue weighted by molar-refractivity contribution is 0.326. The van der Waals surface area contributed by atoms with Crippen molar-refractivity contribution in [3.63, 3.8) is 0 Å². The average Bonchev–Trinajstić information content (AvgIpc) is 2.27. The van der Waals surface area contributed by atoms with Gasteiger partial charge in [0.05, 0.1) is 7.11 Å². The van der Waals surface area contributed by atoms with Crippen molar-refractivity contribution in [2.45, 2.75) is 6.42 Å². The van der Waals surface area contributed by atoms with E-state index in [0.29, 0.717) is 6.61 Å². The molecule has 0 aliphatic heterocycles. The zero-order valence-electron chi connectivity index (χ0n) is 9.03. The largest absolute Gasteiger partial charge is 0.493 e. The third kappa shape index (κ3) is 3.17. The van der Waals surface area contributed by atoms with Crippen molar-refractivity contribution in [3.05, 3.63) is 49.1 Å². The van der Waals surface area contributed by atoms with E-state index in [1.54, 1.807) is 13.2 Å². The molecule has 0 radical (unpaired) electrons. The number of ether oxygens (including phenoxy) is 2. The van der Waals surface area contributed by atoms with E-state index in [1.807, 2.05) is 24.3 Å². The standard InChI is InChI=1S/C13H16O2/c1-4-6-11-7-8-12(14-3)13(10-11)15-9-5-2/h4-5,7-8,10H,1-2,6,9H2,3H3. The van der Waals surface area contributed by atoms with Gasteiger partial charge >= 0.3 is 0 Å². The first-order valence-electron chi connectivity index (χ1n) is 4.83. The topological polar surface area (TPSA) is 18.5 Å². The van der Waals surface area contributed by atoms with Gasteiger partial charge in [-0.25, -0.2) is 0 Å². The molecule has 0 saturated carbocycles. The summed E-state index contributed by atoms with van der Waals surface area (Å²) in [5.74, 6) is 1.49. The van der Waals surface area contributed by atoms with Crippen molar-refractivity contribution in [2.24, 2.45) is 0 Å². The molecule has 15 heavy (non-hydrogen) atoms. The molecule has 1 rings (SSSR count). The molecule has 0 atom stereocenters. The SMILES string of the molecule is C=CCOc1cc(CC=C)ccc1OC. The minimum atomic E-state index is 0.480. The van der Waals surface area contributed by atoms with Crippen LogP contribution in [0.5, 0.6) is 11.5 Å². The number of allylic oxidation sites excluding steroid dienone is 1. The molecular formula is C13H16O2. The van der Waals surface area contributed by atoms with Crippen LogP contribution >= 0.6 is 0 Å². The average molecular weight is 204 g/mol. The van der Waals surface area contributed by atoms with E-state index in [4.69, 9.17) is 9.47 Å². The van der Waals surface area contributed by atoms with Crippen LogP contribution in [-0.2, 0) is 6.42 Å². The number of hydrogen-bond acceptors (Lipinski definition) is 2. The minimum Gasteiger partial charge on any atom is -0.493 e. The zero-order chi connectivity index (χ0) is 11.1. The summed E-state index contributed by atoms with van der Waals surface area (Å²) in [6.07, 6.45) is 4.40. The van der Waals surface area contributed by atoms with Crippen molar-refractivity contribution in [3.8, 4) is 11.5 Å². The van der Waals surface area contributed by atoms with Gasteiger partial charge in [-0.05, 0) is 24.1 Å². The van der Waals surface area contributed by atoms with Crippen LogP contribution in [0.3, 0.4) is 0 Å². The Morgan fingerprint density at radius 1 is 1.20 bits per heavy atom. The van der Waals surface area contributed by atoms with Gasteiger partial charge in [0, 0.05) is 0 Å². The molecule has 0 aliphatic rings. The van der Waals surface area contributed by atoms with Gasteiger partial charge in [-0.15, -0.1) is 6.58 Å². The number of rotatable bonds is 6. The Morgan fingerprint density at radius 2 is 2.00 bits per heavy atom. The third-order valence-corrected chi connectivity index (χ3v) is 1.96. The molecule has 0 fully saturated rings. The van der Waals surface area contributed by atoms with Gasteiger partial charge in [-0.2, -0.15) is 0 Å². The molecule has 0 bridgehead atoms. The predicted molar refractivity (Wildman–Crippen MR) is 62.6 cm³/mol. The molecule has 0 amide bonds. The van der Waals surface area contributed by atoms with Crippen LogP contribution < -0.4 is 9.47 Å². The van der Waals surface area contributed by atoms with Gasteiger partial charge in [-0.1, -0.05) is 24.8 Å². The molecule has 0 unspecified atom stereocenters. The molecule has 0 aromatic heterocycles. The molecule has 0 spiro atoms. The van der Waals surface area contributed by atoms with Crippen LogP contribution in [0.15, 0.2) is 43.5 Å². The van der Waals surface area contributed by atoms with Gasteiger partial charge in [0.2, 0.25) is 0 Å². The number of hydrogen-bond donors (Lipinski definition) is 0. The Labute approximate surface area is 90.8 Å².